The largest absolute Gasteiger partial charge is 0.497 e. The molecule has 1 aliphatic rings. The lowest BCUT2D eigenvalue weighted by Crippen LogP contribution is -2.30. The van der Waals surface area contributed by atoms with E-state index >= 15 is 0 Å². The Kier molecular flexibility index (Phi) is 5.56. The van der Waals surface area contributed by atoms with Crippen LogP contribution in [-0.2, 0) is 11.2 Å². The highest BCUT2D eigenvalue weighted by Gasteiger charge is 2.31. The molecule has 2 aromatic rings. The van der Waals surface area contributed by atoms with E-state index in [-0.39, 0.29) is 5.91 Å². The highest BCUT2D eigenvalue weighted by atomic mass is 32.2. The van der Waals surface area contributed by atoms with Crippen molar-refractivity contribution in [1.82, 2.24) is 4.90 Å². The Morgan fingerprint density at radius 2 is 1.96 bits per heavy atom. The number of benzene rings is 2. The summed E-state index contributed by atoms with van der Waals surface area (Å²) in [5.41, 5.74) is 3.34. The van der Waals surface area contributed by atoms with Crippen LogP contribution in [0.15, 0.2) is 53.4 Å². The summed E-state index contributed by atoms with van der Waals surface area (Å²) in [7, 11) is 1.65. The summed E-state index contributed by atoms with van der Waals surface area (Å²) < 4.78 is 5.79. The van der Waals surface area contributed by atoms with Gasteiger partial charge in [-0.1, -0.05) is 65.9 Å². The molecule has 0 radical (unpaired) electrons. The number of thioether (sulfide) groups is 1. The maximum Gasteiger partial charge on any atom is 0.266 e. The first-order valence-corrected chi connectivity index (χ1v) is 9.24. The van der Waals surface area contributed by atoms with Crippen LogP contribution in [0.2, 0.25) is 0 Å². The second kappa shape index (κ2) is 7.85. The second-order valence-corrected chi connectivity index (χ2v) is 7.52. The van der Waals surface area contributed by atoms with Gasteiger partial charge in [-0.25, -0.2) is 0 Å². The van der Waals surface area contributed by atoms with Crippen LogP contribution in [0.25, 0.3) is 6.08 Å². The van der Waals surface area contributed by atoms with Crippen molar-refractivity contribution < 1.29 is 9.53 Å². The van der Waals surface area contributed by atoms with Crippen LogP contribution in [0.1, 0.15) is 16.7 Å². The van der Waals surface area contributed by atoms with Gasteiger partial charge in [-0.05, 0) is 42.7 Å². The smallest absolute Gasteiger partial charge is 0.266 e. The van der Waals surface area contributed by atoms with Crippen LogP contribution >= 0.6 is 24.0 Å². The number of nitrogens with zero attached hydrogens (tertiary/aromatic N) is 1. The summed E-state index contributed by atoms with van der Waals surface area (Å²) in [6, 6.07) is 16.0. The van der Waals surface area contributed by atoms with Crippen molar-refractivity contribution >= 4 is 40.3 Å². The van der Waals surface area contributed by atoms with Gasteiger partial charge in [0.25, 0.3) is 5.91 Å². The predicted molar refractivity (Wildman–Crippen MR) is 108 cm³/mol. The molecule has 0 aromatic heterocycles. The number of ether oxygens (including phenoxy) is 1. The van der Waals surface area contributed by atoms with E-state index in [4.69, 9.17) is 17.0 Å². The molecule has 1 amide bonds. The van der Waals surface area contributed by atoms with Crippen molar-refractivity contribution in [2.75, 3.05) is 13.7 Å². The molecule has 2 aromatic carbocycles. The van der Waals surface area contributed by atoms with Gasteiger partial charge in [0.2, 0.25) is 0 Å². The number of hydrogen-bond acceptors (Lipinski definition) is 4. The molecule has 1 saturated heterocycles. The van der Waals surface area contributed by atoms with Gasteiger partial charge in [0.15, 0.2) is 0 Å². The molecule has 3 rings (SSSR count). The summed E-state index contributed by atoms with van der Waals surface area (Å²) in [6.07, 6.45) is 2.67. The van der Waals surface area contributed by atoms with Gasteiger partial charge < -0.3 is 4.74 Å². The standard InChI is InChI=1S/C20H19NO2S2/c1-14-4-3-5-16(12-14)13-18-19(22)21(20(24)25-18)11-10-15-6-8-17(23-2)9-7-15/h3-9,12-13H,10-11H2,1-2H3. The maximum atomic E-state index is 12.7. The Morgan fingerprint density at radius 3 is 2.64 bits per heavy atom. The normalized spacial score (nSPS) is 15.9. The van der Waals surface area contributed by atoms with Crippen molar-refractivity contribution in [2.24, 2.45) is 0 Å². The molecule has 0 aliphatic carbocycles. The topological polar surface area (TPSA) is 29.5 Å². The molecule has 1 aliphatic heterocycles. The zero-order valence-corrected chi connectivity index (χ0v) is 15.8. The third-order valence-corrected chi connectivity index (χ3v) is 5.37. The molecule has 0 bridgehead atoms. The minimum absolute atomic E-state index is 0.00924. The summed E-state index contributed by atoms with van der Waals surface area (Å²) in [5, 5.41) is 0. The van der Waals surface area contributed by atoms with E-state index in [0.717, 1.165) is 23.3 Å². The third-order valence-electron chi connectivity index (χ3n) is 4.00. The van der Waals surface area contributed by atoms with Crippen molar-refractivity contribution in [3.05, 3.63) is 70.1 Å². The number of methoxy groups -OCH3 is 1. The van der Waals surface area contributed by atoms with Gasteiger partial charge in [0, 0.05) is 6.54 Å². The molecule has 0 spiro atoms. The zero-order chi connectivity index (χ0) is 17.8. The summed E-state index contributed by atoms with van der Waals surface area (Å²) >= 11 is 6.77. The van der Waals surface area contributed by atoms with E-state index < -0.39 is 0 Å². The predicted octanol–water partition coefficient (Wildman–Crippen LogP) is 4.45. The fourth-order valence-electron chi connectivity index (χ4n) is 2.64. The Labute approximate surface area is 157 Å². The number of amides is 1. The first kappa shape index (κ1) is 17.7. The van der Waals surface area contributed by atoms with Gasteiger partial charge in [0.05, 0.1) is 12.0 Å². The lowest BCUT2D eigenvalue weighted by Gasteiger charge is -2.14. The van der Waals surface area contributed by atoms with E-state index in [9.17, 15) is 4.79 Å². The number of rotatable bonds is 5. The minimum Gasteiger partial charge on any atom is -0.497 e. The monoisotopic (exact) mass is 369 g/mol. The van der Waals surface area contributed by atoms with Crippen LogP contribution in [-0.4, -0.2) is 28.8 Å². The summed E-state index contributed by atoms with van der Waals surface area (Å²) in [5.74, 6) is 0.820. The van der Waals surface area contributed by atoms with Crippen LogP contribution in [0.3, 0.4) is 0 Å². The molecule has 0 saturated carbocycles. The molecule has 0 atom stereocenters. The molecule has 1 heterocycles. The summed E-state index contributed by atoms with van der Waals surface area (Å²) in [6.45, 7) is 2.62. The molecular formula is C20H19NO2S2. The van der Waals surface area contributed by atoms with Crippen molar-refractivity contribution in [2.45, 2.75) is 13.3 Å². The van der Waals surface area contributed by atoms with Crippen LogP contribution in [0.5, 0.6) is 5.75 Å². The van der Waals surface area contributed by atoms with Crippen LogP contribution < -0.4 is 4.74 Å². The second-order valence-electron chi connectivity index (χ2n) is 5.85. The molecule has 3 nitrogen and oxygen atoms in total. The minimum atomic E-state index is -0.00924. The Morgan fingerprint density at radius 1 is 1.20 bits per heavy atom. The fourth-order valence-corrected chi connectivity index (χ4v) is 3.95. The summed E-state index contributed by atoms with van der Waals surface area (Å²) in [4.78, 5) is 15.0. The number of hydrogen-bond donors (Lipinski definition) is 0. The fraction of sp³-hybridized carbons (Fsp3) is 0.200. The molecule has 0 unspecified atom stereocenters. The number of thiocarbonyl (C=S) groups is 1. The number of carbonyl (C=O) groups excluding carboxylic acids is 1. The Bertz CT molecular complexity index is 828. The number of carbonyl (C=O) groups is 1. The van der Waals surface area contributed by atoms with Crippen LogP contribution in [0, 0.1) is 6.92 Å². The zero-order valence-electron chi connectivity index (χ0n) is 14.2. The Hall–Kier alpha value is -2.11. The average Bonchev–Trinajstić information content (AvgIpc) is 2.87. The molecule has 0 N–H and O–H groups in total. The molecule has 25 heavy (non-hydrogen) atoms. The van der Waals surface area contributed by atoms with Gasteiger partial charge in [-0.3, -0.25) is 9.69 Å². The molecular weight excluding hydrogens is 350 g/mol. The van der Waals surface area contributed by atoms with Crippen molar-refractivity contribution in [1.29, 1.82) is 0 Å². The van der Waals surface area contributed by atoms with E-state index in [2.05, 4.69) is 6.07 Å². The molecule has 1 fully saturated rings. The van der Waals surface area contributed by atoms with E-state index in [1.54, 1.807) is 12.0 Å². The molecule has 128 valence electrons. The molecule has 5 heteroatoms. The van der Waals surface area contributed by atoms with Gasteiger partial charge in [0.1, 0.15) is 10.1 Å². The highest BCUT2D eigenvalue weighted by molar-refractivity contribution is 8.26. The van der Waals surface area contributed by atoms with E-state index in [0.29, 0.717) is 15.8 Å². The van der Waals surface area contributed by atoms with Crippen molar-refractivity contribution in [3.8, 4) is 5.75 Å². The Balaban J connectivity index is 1.68. The lowest BCUT2D eigenvalue weighted by atomic mass is 10.1. The lowest BCUT2D eigenvalue weighted by molar-refractivity contribution is -0.122. The third kappa shape index (κ3) is 4.30. The number of aryl methyl sites for hydroxylation is 1. The quantitative estimate of drug-likeness (QED) is 0.575. The van der Waals surface area contributed by atoms with Gasteiger partial charge in [-0.2, -0.15) is 0 Å². The van der Waals surface area contributed by atoms with Crippen molar-refractivity contribution in [3.63, 3.8) is 0 Å². The van der Waals surface area contributed by atoms with Crippen LogP contribution in [0.4, 0.5) is 0 Å². The first-order chi connectivity index (χ1) is 12.1. The van der Waals surface area contributed by atoms with Gasteiger partial charge >= 0.3 is 0 Å². The van der Waals surface area contributed by atoms with E-state index in [1.807, 2.05) is 55.5 Å². The first-order valence-electron chi connectivity index (χ1n) is 8.02. The van der Waals surface area contributed by atoms with E-state index in [1.165, 1.54) is 17.3 Å². The maximum absolute atomic E-state index is 12.7. The SMILES string of the molecule is COc1ccc(CCN2C(=O)C(=Cc3cccc(C)c3)SC2=S)cc1. The average molecular weight is 370 g/mol. The highest BCUT2D eigenvalue weighted by Crippen LogP contribution is 2.32. The van der Waals surface area contributed by atoms with Gasteiger partial charge in [-0.15, -0.1) is 0 Å².